The normalized spacial score (nSPS) is 22.6. The lowest BCUT2D eigenvalue weighted by atomic mass is 9.67. The van der Waals surface area contributed by atoms with Crippen LogP contribution in [0.25, 0.3) is 0 Å². The van der Waals surface area contributed by atoms with Gasteiger partial charge in [-0.05, 0) is 47.4 Å². The van der Waals surface area contributed by atoms with Gasteiger partial charge in [-0.1, -0.05) is 0 Å². The molecule has 9 heteroatoms. The number of hydrogen-bond acceptors (Lipinski definition) is 9. The van der Waals surface area contributed by atoms with E-state index in [2.05, 4.69) is 0 Å². The molecule has 1 aliphatic carbocycles. The van der Waals surface area contributed by atoms with E-state index in [0.29, 0.717) is 36.0 Å². The number of carbonyl (C=O) groups is 2. The highest BCUT2D eigenvalue weighted by atomic mass is 16.7. The number of esters is 2. The summed E-state index contributed by atoms with van der Waals surface area (Å²) >= 11 is 0. The van der Waals surface area contributed by atoms with Crippen LogP contribution < -0.4 is 29.4 Å². The molecule has 9 nitrogen and oxygen atoms in total. The fourth-order valence-electron chi connectivity index (χ4n) is 4.84. The second-order valence-corrected chi connectivity index (χ2v) is 7.93. The molecule has 168 valence electrons. The van der Waals surface area contributed by atoms with Crippen molar-refractivity contribution in [1.29, 1.82) is 0 Å². The molecule has 2 N–H and O–H groups in total. The number of fused-ring (bicyclic) bond motifs is 3. The number of cyclic esters (lactones) is 1. The second kappa shape index (κ2) is 7.90. The minimum absolute atomic E-state index is 0.0344. The van der Waals surface area contributed by atoms with Crippen LogP contribution in [0, 0.1) is 11.8 Å². The van der Waals surface area contributed by atoms with Gasteiger partial charge in [0.25, 0.3) is 0 Å². The summed E-state index contributed by atoms with van der Waals surface area (Å²) in [5.74, 6) is 0.577. The highest BCUT2D eigenvalue weighted by Crippen LogP contribution is 2.52. The summed E-state index contributed by atoms with van der Waals surface area (Å²) in [5.41, 5.74) is 8.21. The van der Waals surface area contributed by atoms with Crippen molar-refractivity contribution in [2.45, 2.75) is 12.3 Å². The minimum Gasteiger partial charge on any atom is -0.493 e. The van der Waals surface area contributed by atoms with Crippen LogP contribution in [0.3, 0.4) is 0 Å². The number of ether oxygens (including phenoxy) is 6. The third kappa shape index (κ3) is 3.20. The van der Waals surface area contributed by atoms with Crippen LogP contribution in [0.2, 0.25) is 0 Å². The van der Waals surface area contributed by atoms with Gasteiger partial charge in [0.05, 0.1) is 33.3 Å². The maximum Gasteiger partial charge on any atom is 0.325 e. The van der Waals surface area contributed by atoms with Crippen LogP contribution in [0.1, 0.15) is 22.6 Å². The van der Waals surface area contributed by atoms with Gasteiger partial charge in [-0.3, -0.25) is 9.59 Å². The first-order valence-electron chi connectivity index (χ1n) is 10.3. The van der Waals surface area contributed by atoms with Crippen molar-refractivity contribution in [3.8, 4) is 28.7 Å². The Morgan fingerprint density at radius 2 is 1.75 bits per heavy atom. The number of hydrogen-bond donors (Lipinski definition) is 1. The van der Waals surface area contributed by atoms with Gasteiger partial charge in [0.1, 0.15) is 0 Å². The van der Waals surface area contributed by atoms with Gasteiger partial charge in [-0.15, -0.1) is 0 Å². The number of nitrogens with two attached hydrogens (primary N) is 1. The molecule has 2 aromatic rings. The van der Waals surface area contributed by atoms with Gasteiger partial charge >= 0.3 is 11.9 Å². The van der Waals surface area contributed by atoms with Crippen molar-refractivity contribution in [2.24, 2.45) is 17.6 Å². The van der Waals surface area contributed by atoms with E-state index in [1.54, 1.807) is 12.1 Å². The molecule has 1 fully saturated rings. The lowest BCUT2D eigenvalue weighted by Crippen LogP contribution is -2.31. The molecule has 3 aliphatic rings. The number of methoxy groups -OCH3 is 2. The summed E-state index contributed by atoms with van der Waals surface area (Å²) < 4.78 is 32.9. The molecule has 0 spiro atoms. The number of rotatable bonds is 5. The van der Waals surface area contributed by atoms with Gasteiger partial charge in [0.15, 0.2) is 23.0 Å². The zero-order valence-electron chi connectivity index (χ0n) is 17.7. The molecule has 0 radical (unpaired) electrons. The zero-order valence-corrected chi connectivity index (χ0v) is 17.7. The molecule has 0 unspecified atom stereocenters. The van der Waals surface area contributed by atoms with E-state index in [9.17, 15) is 9.59 Å². The molecule has 1 saturated heterocycles. The predicted molar refractivity (Wildman–Crippen MR) is 110 cm³/mol. The lowest BCUT2D eigenvalue weighted by Gasteiger charge is -2.34. The third-order valence-corrected chi connectivity index (χ3v) is 6.26. The number of carbonyl (C=O) groups excluding carboxylic acids is 2. The fourth-order valence-corrected chi connectivity index (χ4v) is 4.84. The maximum atomic E-state index is 12.8. The quantitative estimate of drug-likeness (QED) is 0.547. The van der Waals surface area contributed by atoms with Gasteiger partial charge in [-0.2, -0.15) is 0 Å². The maximum absolute atomic E-state index is 12.8. The van der Waals surface area contributed by atoms with E-state index < -0.39 is 5.97 Å². The molecule has 3 atom stereocenters. The smallest absolute Gasteiger partial charge is 0.325 e. The largest absolute Gasteiger partial charge is 0.493 e. The molecule has 0 bridgehead atoms. The highest BCUT2D eigenvalue weighted by molar-refractivity contribution is 5.79. The van der Waals surface area contributed by atoms with E-state index in [1.807, 2.05) is 12.1 Å². The summed E-state index contributed by atoms with van der Waals surface area (Å²) in [5, 5.41) is 0. The lowest BCUT2D eigenvalue weighted by molar-refractivity contribution is -0.141. The van der Waals surface area contributed by atoms with Gasteiger partial charge < -0.3 is 34.2 Å². The first kappa shape index (κ1) is 20.4. The Kier molecular flexibility index (Phi) is 5.05. The van der Waals surface area contributed by atoms with Crippen molar-refractivity contribution in [3.63, 3.8) is 0 Å². The van der Waals surface area contributed by atoms with Gasteiger partial charge in [-0.25, -0.2) is 0 Å². The second-order valence-electron chi connectivity index (χ2n) is 7.93. The van der Waals surface area contributed by atoms with E-state index >= 15 is 0 Å². The molecule has 2 aromatic carbocycles. The van der Waals surface area contributed by atoms with Crippen LogP contribution in [0.4, 0.5) is 0 Å². The molecule has 0 saturated carbocycles. The molecule has 2 heterocycles. The Hall–Kier alpha value is -3.46. The first-order valence-corrected chi connectivity index (χ1v) is 10.3. The number of benzene rings is 2. The van der Waals surface area contributed by atoms with Crippen molar-refractivity contribution >= 4 is 11.9 Å². The summed E-state index contributed by atoms with van der Waals surface area (Å²) in [7, 11) is 2.94. The first-order chi connectivity index (χ1) is 15.5. The Bertz CT molecular complexity index is 1070. The van der Waals surface area contributed by atoms with Crippen LogP contribution in [0.5, 0.6) is 28.7 Å². The Labute approximate surface area is 184 Å². The van der Waals surface area contributed by atoms with Crippen LogP contribution in [-0.2, 0) is 20.7 Å². The van der Waals surface area contributed by atoms with Crippen LogP contribution >= 0.6 is 0 Å². The van der Waals surface area contributed by atoms with E-state index in [4.69, 9.17) is 34.2 Å². The summed E-state index contributed by atoms with van der Waals surface area (Å²) in [4.78, 5) is 24.6. The molecule has 5 rings (SSSR count). The Morgan fingerprint density at radius 3 is 2.41 bits per heavy atom. The molecule has 0 amide bonds. The SMILES string of the molecule is COc1cc([C@@H]2c3cc4c(cc3C[C@H]3COC(=O)[C@@H]32)OCO4)cc(OC)c1OC(=O)CN. The van der Waals surface area contributed by atoms with Crippen molar-refractivity contribution in [1.82, 2.24) is 0 Å². The van der Waals surface area contributed by atoms with Crippen LogP contribution in [-0.4, -0.2) is 46.1 Å². The minimum atomic E-state index is -0.621. The fraction of sp³-hybridized carbons (Fsp3) is 0.391. The average Bonchev–Trinajstić information content (AvgIpc) is 3.42. The Balaban J connectivity index is 1.67. The van der Waals surface area contributed by atoms with Crippen LogP contribution in [0.15, 0.2) is 24.3 Å². The standard InChI is InChI=1S/C23H23NO8/c1-27-17-5-12(6-18(28-2)22(17)32-19(25)8-24)20-14-7-16-15(30-10-31-16)4-11(14)3-13-9-29-23(26)21(13)20/h4-7,13,20-21H,3,8-10,24H2,1-2H3/t13-,20+,21-/m0/s1. The zero-order chi connectivity index (χ0) is 22.4. The molecular weight excluding hydrogens is 418 g/mol. The monoisotopic (exact) mass is 441 g/mol. The summed E-state index contributed by atoms with van der Waals surface area (Å²) in [6.45, 7) is 0.252. The molecule has 0 aromatic heterocycles. The van der Waals surface area contributed by atoms with Crippen molar-refractivity contribution < 1.29 is 38.0 Å². The summed E-state index contributed by atoms with van der Waals surface area (Å²) in [6.07, 6.45) is 0.708. The molecular formula is C23H23NO8. The van der Waals surface area contributed by atoms with Gasteiger partial charge in [0.2, 0.25) is 12.5 Å². The average molecular weight is 441 g/mol. The van der Waals surface area contributed by atoms with Gasteiger partial charge in [0, 0.05) is 11.8 Å². The van der Waals surface area contributed by atoms with E-state index in [0.717, 1.165) is 16.7 Å². The Morgan fingerprint density at radius 1 is 1.06 bits per heavy atom. The van der Waals surface area contributed by atoms with Crippen molar-refractivity contribution in [2.75, 3.05) is 34.2 Å². The molecule has 2 aliphatic heterocycles. The predicted octanol–water partition coefficient (Wildman–Crippen LogP) is 1.77. The van der Waals surface area contributed by atoms with E-state index in [1.165, 1.54) is 14.2 Å². The summed E-state index contributed by atoms with van der Waals surface area (Å²) in [6, 6.07) is 7.43. The van der Waals surface area contributed by atoms with Crippen molar-refractivity contribution in [3.05, 3.63) is 41.0 Å². The third-order valence-electron chi connectivity index (χ3n) is 6.26. The van der Waals surface area contributed by atoms with E-state index in [-0.39, 0.29) is 42.8 Å². The topological polar surface area (TPSA) is 116 Å². The highest BCUT2D eigenvalue weighted by Gasteiger charge is 2.48. The molecule has 32 heavy (non-hydrogen) atoms.